The van der Waals surface area contributed by atoms with Crippen LogP contribution in [0.2, 0.25) is 0 Å². The van der Waals surface area contributed by atoms with E-state index >= 15 is 0 Å². The van der Waals surface area contributed by atoms with Gasteiger partial charge in [0.1, 0.15) is 0 Å². The van der Waals surface area contributed by atoms with E-state index in [4.69, 9.17) is 4.74 Å². The number of benzene rings is 1. The summed E-state index contributed by atoms with van der Waals surface area (Å²) in [5.74, 6) is -1.74. The molecule has 7 heteroatoms. The summed E-state index contributed by atoms with van der Waals surface area (Å²) in [5.41, 5.74) is -1.34. The summed E-state index contributed by atoms with van der Waals surface area (Å²) in [4.78, 5) is 25.8. The Hall–Kier alpha value is -2.05. The fourth-order valence-electron chi connectivity index (χ4n) is 2.51. The molecule has 1 aliphatic rings. The summed E-state index contributed by atoms with van der Waals surface area (Å²) in [6.07, 6.45) is -3.14. The second kappa shape index (κ2) is 7.23. The highest BCUT2D eigenvalue weighted by atomic mass is 19.4. The Kier molecular flexibility index (Phi) is 5.51. The van der Waals surface area contributed by atoms with Crippen molar-refractivity contribution in [1.82, 2.24) is 4.90 Å². The Morgan fingerprint density at radius 2 is 1.92 bits per heavy atom. The lowest BCUT2D eigenvalue weighted by Gasteiger charge is -2.26. The molecule has 0 saturated heterocycles. The number of alkyl halides is 3. The molecular weight excluding hydrogens is 323 g/mol. The molecule has 1 saturated carbocycles. The Morgan fingerprint density at radius 1 is 1.29 bits per heavy atom. The van der Waals surface area contributed by atoms with Crippen LogP contribution in [-0.2, 0) is 15.7 Å². The van der Waals surface area contributed by atoms with E-state index in [0.29, 0.717) is 0 Å². The predicted octanol–water partition coefficient (Wildman–Crippen LogP) is 3.51. The summed E-state index contributed by atoms with van der Waals surface area (Å²) in [6.45, 7) is 3.55. The van der Waals surface area contributed by atoms with Crippen LogP contribution in [0.25, 0.3) is 0 Å². The zero-order valence-corrected chi connectivity index (χ0v) is 13.6. The molecule has 24 heavy (non-hydrogen) atoms. The minimum absolute atomic E-state index is 0.0501. The molecule has 1 aliphatic carbocycles. The van der Waals surface area contributed by atoms with Crippen molar-refractivity contribution >= 4 is 11.9 Å². The maximum atomic E-state index is 13.1. The van der Waals surface area contributed by atoms with Crippen molar-refractivity contribution in [2.75, 3.05) is 13.2 Å². The first-order chi connectivity index (χ1) is 11.3. The van der Waals surface area contributed by atoms with E-state index in [1.807, 2.05) is 0 Å². The quantitative estimate of drug-likeness (QED) is 0.743. The third-order valence-corrected chi connectivity index (χ3v) is 3.87. The number of carbonyl (C=O) groups excluding carboxylic acids is 2. The lowest BCUT2D eigenvalue weighted by Crippen LogP contribution is -2.39. The maximum absolute atomic E-state index is 13.1. The molecule has 132 valence electrons. The number of nitrogens with zero attached hydrogens (tertiary/aromatic N) is 1. The molecule has 4 nitrogen and oxygen atoms in total. The van der Waals surface area contributed by atoms with Gasteiger partial charge in [-0.25, -0.2) is 0 Å². The number of carbonyl (C=O) groups is 2. The number of esters is 1. The molecular formula is C17H20F3NO3. The highest BCUT2D eigenvalue weighted by Crippen LogP contribution is 2.35. The first kappa shape index (κ1) is 18.3. The van der Waals surface area contributed by atoms with Gasteiger partial charge in [0.15, 0.2) is 0 Å². The summed E-state index contributed by atoms with van der Waals surface area (Å²) < 4.78 is 44.3. The molecule has 0 spiro atoms. The molecule has 1 aromatic carbocycles. The SMILES string of the molecule is CCOC(=O)C(C)CN(C(=O)c1ccccc1C(F)(F)F)C1CC1. The van der Waals surface area contributed by atoms with Gasteiger partial charge in [-0.05, 0) is 31.9 Å². The minimum atomic E-state index is -4.60. The molecule has 0 radical (unpaired) electrons. The lowest BCUT2D eigenvalue weighted by atomic mass is 10.0. The topological polar surface area (TPSA) is 46.6 Å². The minimum Gasteiger partial charge on any atom is -0.466 e. The van der Waals surface area contributed by atoms with Crippen molar-refractivity contribution in [3.05, 3.63) is 35.4 Å². The van der Waals surface area contributed by atoms with Crippen LogP contribution in [0.4, 0.5) is 13.2 Å². The van der Waals surface area contributed by atoms with Gasteiger partial charge in [0.05, 0.1) is 23.7 Å². The van der Waals surface area contributed by atoms with Crippen LogP contribution in [0.3, 0.4) is 0 Å². The largest absolute Gasteiger partial charge is 0.466 e. The first-order valence-corrected chi connectivity index (χ1v) is 7.89. The lowest BCUT2D eigenvalue weighted by molar-refractivity contribution is -0.148. The Balaban J connectivity index is 2.23. The van der Waals surface area contributed by atoms with Crippen molar-refractivity contribution < 1.29 is 27.5 Å². The average Bonchev–Trinajstić information content (AvgIpc) is 3.36. The molecule has 0 heterocycles. The van der Waals surface area contributed by atoms with E-state index in [2.05, 4.69) is 0 Å². The first-order valence-electron chi connectivity index (χ1n) is 7.89. The number of hydrogen-bond donors (Lipinski definition) is 0. The highest BCUT2D eigenvalue weighted by Gasteiger charge is 2.40. The zero-order chi connectivity index (χ0) is 17.9. The zero-order valence-electron chi connectivity index (χ0n) is 13.6. The fraction of sp³-hybridized carbons (Fsp3) is 0.529. The molecule has 1 amide bonds. The van der Waals surface area contributed by atoms with Gasteiger partial charge >= 0.3 is 12.1 Å². The number of halogens is 3. The molecule has 0 aliphatic heterocycles. The molecule has 1 aromatic rings. The van der Waals surface area contributed by atoms with Crippen LogP contribution >= 0.6 is 0 Å². The highest BCUT2D eigenvalue weighted by molar-refractivity contribution is 5.96. The Morgan fingerprint density at radius 3 is 2.46 bits per heavy atom. The van der Waals surface area contributed by atoms with Crippen molar-refractivity contribution in [1.29, 1.82) is 0 Å². The third-order valence-electron chi connectivity index (χ3n) is 3.87. The van der Waals surface area contributed by atoms with Gasteiger partial charge in [0, 0.05) is 12.6 Å². The second-order valence-corrected chi connectivity index (χ2v) is 5.89. The van der Waals surface area contributed by atoms with Gasteiger partial charge in [-0.1, -0.05) is 19.1 Å². The molecule has 0 bridgehead atoms. The smallest absolute Gasteiger partial charge is 0.417 e. The van der Waals surface area contributed by atoms with Crippen LogP contribution in [-0.4, -0.2) is 36.0 Å². The monoisotopic (exact) mass is 343 g/mol. The van der Waals surface area contributed by atoms with Crippen LogP contribution in [0.1, 0.15) is 42.6 Å². The van der Waals surface area contributed by atoms with Crippen LogP contribution in [0.15, 0.2) is 24.3 Å². The van der Waals surface area contributed by atoms with Crippen LogP contribution in [0.5, 0.6) is 0 Å². The van der Waals surface area contributed by atoms with Crippen molar-refractivity contribution in [2.45, 2.75) is 38.9 Å². The Labute approximate surface area is 138 Å². The summed E-state index contributed by atoms with van der Waals surface area (Å²) in [7, 11) is 0. The Bertz CT molecular complexity index is 611. The van der Waals surface area contributed by atoms with Gasteiger partial charge in [-0.15, -0.1) is 0 Å². The van der Waals surface area contributed by atoms with E-state index in [0.717, 1.165) is 18.9 Å². The van der Waals surface area contributed by atoms with E-state index in [1.54, 1.807) is 13.8 Å². The van der Waals surface area contributed by atoms with E-state index in [1.165, 1.54) is 23.1 Å². The van der Waals surface area contributed by atoms with E-state index in [-0.39, 0.29) is 24.8 Å². The third kappa shape index (κ3) is 4.27. The van der Waals surface area contributed by atoms with E-state index < -0.39 is 29.5 Å². The van der Waals surface area contributed by atoms with Crippen molar-refractivity contribution in [3.8, 4) is 0 Å². The summed E-state index contributed by atoms with van der Waals surface area (Å²) in [6, 6.07) is 4.61. The normalized spacial score (nSPS) is 15.7. The summed E-state index contributed by atoms with van der Waals surface area (Å²) in [5, 5.41) is 0. The predicted molar refractivity (Wildman–Crippen MR) is 81.3 cm³/mol. The van der Waals surface area contributed by atoms with Gasteiger partial charge in [-0.3, -0.25) is 9.59 Å². The molecule has 1 unspecified atom stereocenters. The van der Waals surface area contributed by atoms with Gasteiger partial charge in [-0.2, -0.15) is 13.2 Å². The van der Waals surface area contributed by atoms with Gasteiger partial charge in [0.2, 0.25) is 0 Å². The number of amides is 1. The van der Waals surface area contributed by atoms with Gasteiger partial charge < -0.3 is 9.64 Å². The van der Waals surface area contributed by atoms with Crippen molar-refractivity contribution in [2.24, 2.45) is 5.92 Å². The standard InChI is InChI=1S/C17H20F3NO3/c1-3-24-16(23)11(2)10-21(12-8-9-12)15(22)13-6-4-5-7-14(13)17(18,19)20/h4-7,11-12H,3,8-10H2,1-2H3. The molecule has 0 N–H and O–H groups in total. The number of hydrogen-bond acceptors (Lipinski definition) is 3. The van der Waals surface area contributed by atoms with E-state index in [9.17, 15) is 22.8 Å². The number of rotatable bonds is 6. The molecule has 1 atom stereocenters. The van der Waals surface area contributed by atoms with Crippen molar-refractivity contribution in [3.63, 3.8) is 0 Å². The van der Waals surface area contributed by atoms with Crippen LogP contribution < -0.4 is 0 Å². The average molecular weight is 343 g/mol. The molecule has 1 fully saturated rings. The maximum Gasteiger partial charge on any atom is 0.417 e. The second-order valence-electron chi connectivity index (χ2n) is 5.89. The van der Waals surface area contributed by atoms with Gasteiger partial charge in [0.25, 0.3) is 5.91 Å². The summed E-state index contributed by atoms with van der Waals surface area (Å²) >= 11 is 0. The fourth-order valence-corrected chi connectivity index (χ4v) is 2.51. The molecule has 2 rings (SSSR count). The molecule has 0 aromatic heterocycles. The number of ether oxygens (including phenoxy) is 1. The van der Waals surface area contributed by atoms with Crippen LogP contribution in [0, 0.1) is 5.92 Å².